The molecule has 1 atom stereocenters. The lowest BCUT2D eigenvalue weighted by atomic mass is 10.1. The van der Waals surface area contributed by atoms with Gasteiger partial charge in [0, 0.05) is 23.1 Å². The third kappa shape index (κ3) is 3.62. The van der Waals surface area contributed by atoms with E-state index in [1.807, 2.05) is 37.3 Å². The third-order valence-corrected chi connectivity index (χ3v) is 4.61. The van der Waals surface area contributed by atoms with Gasteiger partial charge in [-0.25, -0.2) is 0 Å². The second kappa shape index (κ2) is 6.75. The molecule has 1 unspecified atom stereocenters. The number of furan rings is 1. The number of carbonyl (C=O) groups is 1. The lowest BCUT2D eigenvalue weighted by molar-refractivity contribution is -0.384. The molecule has 1 amide bonds. The number of carbonyl (C=O) groups excluding carboxylic acids is 1. The van der Waals surface area contributed by atoms with Gasteiger partial charge in [0.05, 0.1) is 11.0 Å². The van der Waals surface area contributed by atoms with Crippen molar-refractivity contribution in [2.45, 2.75) is 31.8 Å². The first kappa shape index (κ1) is 17.1. The van der Waals surface area contributed by atoms with Crippen molar-refractivity contribution in [1.82, 2.24) is 5.32 Å². The molecule has 0 radical (unpaired) electrons. The Balaban J connectivity index is 1.58. The Morgan fingerprint density at radius 1 is 1.22 bits per heavy atom. The minimum atomic E-state index is -0.485. The summed E-state index contributed by atoms with van der Waals surface area (Å²) in [4.78, 5) is 23.2. The lowest BCUT2D eigenvalue weighted by Gasteiger charge is -2.13. The van der Waals surface area contributed by atoms with E-state index < -0.39 is 4.92 Å². The van der Waals surface area contributed by atoms with Gasteiger partial charge in [-0.15, -0.1) is 0 Å². The summed E-state index contributed by atoms with van der Waals surface area (Å²) < 4.78 is 5.82. The average Bonchev–Trinajstić information content (AvgIpc) is 3.35. The van der Waals surface area contributed by atoms with Gasteiger partial charge in [0.15, 0.2) is 0 Å². The summed E-state index contributed by atoms with van der Waals surface area (Å²) in [7, 11) is 0. The van der Waals surface area contributed by atoms with Crippen molar-refractivity contribution in [3.05, 3.63) is 70.0 Å². The highest BCUT2D eigenvalue weighted by Gasteiger charge is 2.25. The van der Waals surface area contributed by atoms with E-state index in [9.17, 15) is 14.9 Å². The van der Waals surface area contributed by atoms with Crippen molar-refractivity contribution in [2.75, 3.05) is 5.32 Å². The van der Waals surface area contributed by atoms with E-state index in [0.29, 0.717) is 11.4 Å². The summed E-state index contributed by atoms with van der Waals surface area (Å²) in [5.41, 5.74) is 1.26. The van der Waals surface area contributed by atoms with Gasteiger partial charge in [0.1, 0.15) is 17.0 Å². The highest BCUT2D eigenvalue weighted by Crippen LogP contribution is 2.31. The molecule has 0 spiro atoms. The van der Waals surface area contributed by atoms with Gasteiger partial charge in [-0.3, -0.25) is 14.9 Å². The number of nitrogens with one attached hydrogen (secondary N) is 2. The maximum Gasteiger partial charge on any atom is 0.293 e. The highest BCUT2D eigenvalue weighted by molar-refractivity contribution is 5.96. The van der Waals surface area contributed by atoms with Crippen LogP contribution in [0.2, 0.25) is 0 Å². The van der Waals surface area contributed by atoms with Crippen LogP contribution in [0.25, 0.3) is 11.0 Å². The number of hydrogen-bond donors (Lipinski definition) is 2. The van der Waals surface area contributed by atoms with E-state index in [0.717, 1.165) is 23.8 Å². The zero-order valence-corrected chi connectivity index (χ0v) is 14.8. The van der Waals surface area contributed by atoms with Crippen LogP contribution in [0.15, 0.2) is 52.9 Å². The van der Waals surface area contributed by atoms with Crippen LogP contribution in [0, 0.1) is 10.1 Å². The molecule has 1 aliphatic rings. The summed E-state index contributed by atoms with van der Waals surface area (Å²) in [5.74, 6) is 0.401. The minimum Gasteiger partial charge on any atom is -0.459 e. The Morgan fingerprint density at radius 2 is 2.00 bits per heavy atom. The fourth-order valence-electron chi connectivity index (χ4n) is 2.96. The summed E-state index contributed by atoms with van der Waals surface area (Å²) in [6.45, 7) is 1.87. The number of amides is 1. The van der Waals surface area contributed by atoms with E-state index in [-0.39, 0.29) is 29.2 Å². The number of para-hydroxylation sites is 1. The topological polar surface area (TPSA) is 97.4 Å². The number of nitro groups is 1. The number of fused-ring (bicyclic) bond motifs is 1. The number of nitro benzene ring substituents is 1. The first-order valence-electron chi connectivity index (χ1n) is 8.85. The third-order valence-electron chi connectivity index (χ3n) is 4.61. The van der Waals surface area contributed by atoms with E-state index in [1.165, 1.54) is 6.07 Å². The Kier molecular flexibility index (Phi) is 4.27. The second-order valence-corrected chi connectivity index (χ2v) is 6.79. The fraction of sp³-hybridized carbons (Fsp3) is 0.250. The SMILES string of the molecule is CC(Nc1ccc(C(=O)NC2CC2)cc1[N+](=O)[O-])c1cc2ccccc2o1. The molecule has 2 aromatic carbocycles. The number of anilines is 1. The van der Waals surface area contributed by atoms with Gasteiger partial charge in [-0.2, -0.15) is 0 Å². The van der Waals surface area contributed by atoms with E-state index >= 15 is 0 Å². The normalized spacial score (nSPS) is 14.7. The van der Waals surface area contributed by atoms with Crippen molar-refractivity contribution < 1.29 is 14.1 Å². The maximum atomic E-state index is 12.2. The predicted octanol–water partition coefficient (Wildman–Crippen LogP) is 4.41. The summed E-state index contributed by atoms with van der Waals surface area (Å²) >= 11 is 0. The van der Waals surface area contributed by atoms with E-state index in [2.05, 4.69) is 10.6 Å². The van der Waals surface area contributed by atoms with Crippen LogP contribution in [0.3, 0.4) is 0 Å². The summed E-state index contributed by atoms with van der Waals surface area (Å²) in [6.07, 6.45) is 1.92. The van der Waals surface area contributed by atoms with Crippen LogP contribution in [-0.2, 0) is 0 Å². The lowest BCUT2D eigenvalue weighted by Crippen LogP contribution is -2.25. The molecule has 0 saturated heterocycles. The molecule has 1 aromatic heterocycles. The van der Waals surface area contributed by atoms with Crippen molar-refractivity contribution in [1.29, 1.82) is 0 Å². The molecule has 0 bridgehead atoms. The van der Waals surface area contributed by atoms with E-state index in [1.54, 1.807) is 12.1 Å². The van der Waals surface area contributed by atoms with Crippen LogP contribution in [0.1, 0.15) is 41.9 Å². The molecule has 2 N–H and O–H groups in total. The Hall–Kier alpha value is -3.35. The highest BCUT2D eigenvalue weighted by atomic mass is 16.6. The van der Waals surface area contributed by atoms with Crippen molar-refractivity contribution in [3.8, 4) is 0 Å². The molecule has 4 rings (SSSR count). The monoisotopic (exact) mass is 365 g/mol. The van der Waals surface area contributed by atoms with Crippen molar-refractivity contribution >= 4 is 28.3 Å². The number of rotatable bonds is 6. The van der Waals surface area contributed by atoms with Gasteiger partial charge < -0.3 is 15.1 Å². The molecule has 1 heterocycles. The van der Waals surface area contributed by atoms with Crippen LogP contribution < -0.4 is 10.6 Å². The maximum absolute atomic E-state index is 12.2. The van der Waals surface area contributed by atoms with Crippen LogP contribution >= 0.6 is 0 Å². The molecule has 0 aliphatic heterocycles. The molecule has 1 aliphatic carbocycles. The largest absolute Gasteiger partial charge is 0.459 e. The van der Waals surface area contributed by atoms with Crippen LogP contribution in [0.5, 0.6) is 0 Å². The molecule has 1 saturated carbocycles. The number of hydrogen-bond acceptors (Lipinski definition) is 5. The number of benzene rings is 2. The Labute approximate surface area is 155 Å². The van der Waals surface area contributed by atoms with E-state index in [4.69, 9.17) is 4.42 Å². The summed E-state index contributed by atoms with van der Waals surface area (Å²) in [6, 6.07) is 14.0. The van der Waals surface area contributed by atoms with Gasteiger partial charge in [-0.1, -0.05) is 18.2 Å². The Morgan fingerprint density at radius 3 is 2.70 bits per heavy atom. The minimum absolute atomic E-state index is 0.138. The van der Waals surface area contributed by atoms with Crippen molar-refractivity contribution in [2.24, 2.45) is 0 Å². The van der Waals surface area contributed by atoms with Gasteiger partial charge in [0.25, 0.3) is 11.6 Å². The van der Waals surface area contributed by atoms with Gasteiger partial charge >= 0.3 is 0 Å². The first-order valence-corrected chi connectivity index (χ1v) is 8.85. The van der Waals surface area contributed by atoms with Gasteiger partial charge in [-0.05, 0) is 44.0 Å². The molecule has 7 nitrogen and oxygen atoms in total. The molecule has 27 heavy (non-hydrogen) atoms. The zero-order chi connectivity index (χ0) is 19.0. The predicted molar refractivity (Wildman–Crippen MR) is 102 cm³/mol. The quantitative estimate of drug-likeness (QED) is 0.498. The standard InChI is InChI=1S/C20H19N3O4/c1-12(19-11-13-4-2-3-5-18(13)27-19)21-16-9-6-14(10-17(16)23(25)26)20(24)22-15-7-8-15/h2-6,9-12,15,21H,7-8H2,1H3,(H,22,24). The fourth-order valence-corrected chi connectivity index (χ4v) is 2.96. The summed E-state index contributed by atoms with van der Waals surface area (Å²) in [5, 5.41) is 18.4. The molecule has 7 heteroatoms. The smallest absolute Gasteiger partial charge is 0.293 e. The van der Waals surface area contributed by atoms with Gasteiger partial charge in [0.2, 0.25) is 0 Å². The molecule has 138 valence electrons. The van der Waals surface area contributed by atoms with Crippen LogP contribution in [0.4, 0.5) is 11.4 Å². The Bertz CT molecular complexity index is 990. The first-order chi connectivity index (χ1) is 13.0. The molecule has 3 aromatic rings. The number of nitrogens with zero attached hydrogens (tertiary/aromatic N) is 1. The molecule has 1 fully saturated rings. The molecular formula is C20H19N3O4. The average molecular weight is 365 g/mol. The van der Waals surface area contributed by atoms with Crippen LogP contribution in [-0.4, -0.2) is 16.9 Å². The zero-order valence-electron chi connectivity index (χ0n) is 14.8. The van der Waals surface area contributed by atoms with Crippen molar-refractivity contribution in [3.63, 3.8) is 0 Å². The second-order valence-electron chi connectivity index (χ2n) is 6.79. The molecular weight excluding hydrogens is 346 g/mol.